The maximum Gasteiger partial charge on any atom is 0.266 e. The fraction of sp³-hybridized carbons (Fsp3) is 0.130. The standard InChI is InChI=1S/C23H19N3O4S2/c1-14-10-15(8-9-18(14)30-2)21-16(12-26(24-21)17-6-4-3-5-7-17)11-19-22(29)25(13-20(27)28)23(31)32-19/h3-12H,13H2,1-2H3,(H,27,28)/p-1/b19-11-. The summed E-state index contributed by atoms with van der Waals surface area (Å²) in [5.41, 5.74) is 4.04. The number of aromatic nitrogens is 2. The lowest BCUT2D eigenvalue weighted by atomic mass is 10.0. The molecular formula is C23H18N3O4S2-. The Bertz CT molecular complexity index is 1250. The van der Waals surface area contributed by atoms with Gasteiger partial charge < -0.3 is 14.6 Å². The molecule has 7 nitrogen and oxygen atoms in total. The topological polar surface area (TPSA) is 87.5 Å². The average molecular weight is 465 g/mol. The van der Waals surface area contributed by atoms with Crippen LogP contribution in [0.25, 0.3) is 23.0 Å². The third kappa shape index (κ3) is 4.30. The Morgan fingerprint density at radius 2 is 2.00 bits per heavy atom. The molecule has 2 aromatic carbocycles. The molecule has 0 N–H and O–H groups in total. The van der Waals surface area contributed by atoms with Crippen molar-refractivity contribution in [3.8, 4) is 22.7 Å². The SMILES string of the molecule is COc1ccc(-c2nn(-c3ccccc3)cc2/C=C2\SC(=S)N(CC(=O)[O-])C2=O)cc1C. The summed E-state index contributed by atoms with van der Waals surface area (Å²) >= 11 is 6.24. The van der Waals surface area contributed by atoms with Gasteiger partial charge in [0, 0.05) is 17.3 Å². The summed E-state index contributed by atoms with van der Waals surface area (Å²) in [5, 5.41) is 15.7. The molecule has 0 spiro atoms. The number of nitrogens with zero attached hydrogens (tertiary/aromatic N) is 3. The summed E-state index contributed by atoms with van der Waals surface area (Å²) in [4.78, 5) is 25.1. The Kier molecular flexibility index (Phi) is 6.11. The van der Waals surface area contributed by atoms with Crippen LogP contribution in [-0.2, 0) is 9.59 Å². The number of aliphatic carboxylic acids is 1. The number of carbonyl (C=O) groups is 2. The Hall–Kier alpha value is -3.43. The fourth-order valence-corrected chi connectivity index (χ4v) is 4.61. The Balaban J connectivity index is 1.80. The molecule has 0 saturated carbocycles. The van der Waals surface area contributed by atoms with Crippen molar-refractivity contribution in [1.29, 1.82) is 0 Å². The number of hydrogen-bond donors (Lipinski definition) is 0. The van der Waals surface area contributed by atoms with E-state index in [2.05, 4.69) is 0 Å². The lowest BCUT2D eigenvalue weighted by molar-refractivity contribution is -0.305. The minimum absolute atomic E-state index is 0.183. The van der Waals surface area contributed by atoms with Crippen molar-refractivity contribution >= 4 is 46.3 Å². The van der Waals surface area contributed by atoms with Gasteiger partial charge in [0.1, 0.15) is 15.8 Å². The van der Waals surface area contributed by atoms with Gasteiger partial charge in [0.15, 0.2) is 0 Å². The van der Waals surface area contributed by atoms with Gasteiger partial charge in [-0.3, -0.25) is 9.69 Å². The van der Waals surface area contributed by atoms with Crippen molar-refractivity contribution in [3.63, 3.8) is 0 Å². The Morgan fingerprint density at radius 1 is 1.25 bits per heavy atom. The molecular weight excluding hydrogens is 446 g/mol. The summed E-state index contributed by atoms with van der Waals surface area (Å²) in [6.07, 6.45) is 3.52. The molecule has 9 heteroatoms. The molecule has 2 heterocycles. The molecule has 0 unspecified atom stereocenters. The highest BCUT2D eigenvalue weighted by molar-refractivity contribution is 8.26. The zero-order chi connectivity index (χ0) is 22.8. The smallest absolute Gasteiger partial charge is 0.266 e. The zero-order valence-corrected chi connectivity index (χ0v) is 18.9. The van der Waals surface area contributed by atoms with Crippen LogP contribution in [0.2, 0.25) is 0 Å². The van der Waals surface area contributed by atoms with Crippen LogP contribution in [0.4, 0.5) is 0 Å². The number of benzene rings is 2. The molecule has 1 aliphatic heterocycles. The predicted molar refractivity (Wildman–Crippen MR) is 125 cm³/mol. The fourth-order valence-electron chi connectivity index (χ4n) is 3.36. The summed E-state index contributed by atoms with van der Waals surface area (Å²) in [5.74, 6) is -1.07. The third-order valence-corrected chi connectivity index (χ3v) is 6.26. The number of carboxylic acids is 1. The number of carbonyl (C=O) groups excluding carboxylic acids is 2. The van der Waals surface area contributed by atoms with Crippen LogP contribution in [0.1, 0.15) is 11.1 Å². The van der Waals surface area contributed by atoms with Crippen LogP contribution in [0, 0.1) is 6.92 Å². The number of para-hydroxylation sites is 1. The minimum Gasteiger partial charge on any atom is -0.548 e. The second kappa shape index (κ2) is 8.97. The molecule has 1 fully saturated rings. The molecule has 0 atom stereocenters. The first kappa shape index (κ1) is 21.8. The number of hydrogen-bond acceptors (Lipinski definition) is 7. The Morgan fingerprint density at radius 3 is 2.66 bits per heavy atom. The molecule has 0 bridgehead atoms. The van der Waals surface area contributed by atoms with Crippen LogP contribution in [-0.4, -0.2) is 44.5 Å². The van der Waals surface area contributed by atoms with Gasteiger partial charge >= 0.3 is 0 Å². The van der Waals surface area contributed by atoms with E-state index in [1.165, 1.54) is 0 Å². The number of rotatable bonds is 6. The monoisotopic (exact) mass is 464 g/mol. The van der Waals surface area contributed by atoms with Gasteiger partial charge in [-0.15, -0.1) is 0 Å². The van der Waals surface area contributed by atoms with Gasteiger partial charge in [-0.05, 0) is 48.9 Å². The molecule has 1 aliphatic rings. The van der Waals surface area contributed by atoms with Crippen LogP contribution in [0.15, 0.2) is 59.6 Å². The van der Waals surface area contributed by atoms with E-state index in [1.807, 2.05) is 61.7 Å². The first-order chi connectivity index (χ1) is 15.4. The van der Waals surface area contributed by atoms with E-state index in [1.54, 1.807) is 17.9 Å². The number of carboxylic acid groups (broad SMARTS) is 1. The van der Waals surface area contributed by atoms with E-state index in [-0.39, 0.29) is 4.32 Å². The molecule has 4 rings (SSSR count). The van der Waals surface area contributed by atoms with Crippen LogP contribution < -0.4 is 9.84 Å². The van der Waals surface area contributed by atoms with E-state index in [0.29, 0.717) is 16.2 Å². The molecule has 3 aromatic rings. The van der Waals surface area contributed by atoms with E-state index in [4.69, 9.17) is 22.1 Å². The molecule has 162 valence electrons. The van der Waals surface area contributed by atoms with Gasteiger partial charge in [0.05, 0.1) is 30.2 Å². The van der Waals surface area contributed by atoms with Gasteiger partial charge in [-0.25, -0.2) is 4.68 Å². The second-order valence-electron chi connectivity index (χ2n) is 7.04. The number of amides is 1. The highest BCUT2D eigenvalue weighted by Gasteiger charge is 2.32. The summed E-state index contributed by atoms with van der Waals surface area (Å²) in [6.45, 7) is 1.37. The molecule has 32 heavy (non-hydrogen) atoms. The zero-order valence-electron chi connectivity index (χ0n) is 17.3. The van der Waals surface area contributed by atoms with Gasteiger partial charge in [-0.2, -0.15) is 5.10 Å². The number of ether oxygens (including phenoxy) is 1. The molecule has 0 radical (unpaired) electrons. The van der Waals surface area contributed by atoms with Crippen molar-refractivity contribution in [2.45, 2.75) is 6.92 Å². The highest BCUT2D eigenvalue weighted by atomic mass is 32.2. The third-order valence-electron chi connectivity index (χ3n) is 4.88. The van der Waals surface area contributed by atoms with Crippen LogP contribution in [0.3, 0.4) is 0 Å². The van der Waals surface area contributed by atoms with Crippen molar-refractivity contribution in [3.05, 3.63) is 70.8 Å². The van der Waals surface area contributed by atoms with Crippen LogP contribution >= 0.6 is 24.0 Å². The van der Waals surface area contributed by atoms with Crippen molar-refractivity contribution in [1.82, 2.24) is 14.7 Å². The van der Waals surface area contributed by atoms with Crippen molar-refractivity contribution in [2.75, 3.05) is 13.7 Å². The second-order valence-corrected chi connectivity index (χ2v) is 8.71. The van der Waals surface area contributed by atoms with E-state index >= 15 is 0 Å². The first-order valence-electron chi connectivity index (χ1n) is 9.62. The molecule has 0 aliphatic carbocycles. The highest BCUT2D eigenvalue weighted by Crippen LogP contribution is 2.35. The number of thiocarbonyl (C=S) groups is 1. The van der Waals surface area contributed by atoms with Crippen molar-refractivity contribution in [2.24, 2.45) is 0 Å². The van der Waals surface area contributed by atoms with Crippen LogP contribution in [0.5, 0.6) is 5.75 Å². The lowest BCUT2D eigenvalue weighted by Gasteiger charge is -2.14. The first-order valence-corrected chi connectivity index (χ1v) is 10.8. The van der Waals surface area contributed by atoms with Gasteiger partial charge in [0.2, 0.25) is 0 Å². The van der Waals surface area contributed by atoms with Gasteiger partial charge in [-0.1, -0.05) is 42.2 Å². The van der Waals surface area contributed by atoms with Gasteiger partial charge in [0.25, 0.3) is 5.91 Å². The van der Waals surface area contributed by atoms with E-state index in [9.17, 15) is 14.7 Å². The number of methoxy groups -OCH3 is 1. The predicted octanol–water partition coefficient (Wildman–Crippen LogP) is 2.81. The largest absolute Gasteiger partial charge is 0.548 e. The maximum absolute atomic E-state index is 12.7. The summed E-state index contributed by atoms with van der Waals surface area (Å²) < 4.78 is 7.28. The maximum atomic E-state index is 12.7. The quantitative estimate of drug-likeness (QED) is 0.409. The number of aryl methyl sites for hydroxylation is 1. The summed E-state index contributed by atoms with van der Waals surface area (Å²) in [6, 6.07) is 15.4. The van der Waals surface area contributed by atoms with E-state index in [0.717, 1.165) is 39.2 Å². The molecule has 1 amide bonds. The normalized spacial score (nSPS) is 14.9. The lowest BCUT2D eigenvalue weighted by Crippen LogP contribution is -2.40. The summed E-state index contributed by atoms with van der Waals surface area (Å²) in [7, 11) is 1.62. The van der Waals surface area contributed by atoms with Crippen molar-refractivity contribution < 1.29 is 19.4 Å². The number of thioether (sulfide) groups is 1. The Labute approximate surface area is 194 Å². The van der Waals surface area contributed by atoms with E-state index < -0.39 is 18.4 Å². The molecule has 1 saturated heterocycles. The molecule has 1 aromatic heterocycles. The minimum atomic E-state index is -1.37. The average Bonchev–Trinajstić information content (AvgIpc) is 3.31.